The highest BCUT2D eigenvalue weighted by molar-refractivity contribution is 6.35. The fourth-order valence-electron chi connectivity index (χ4n) is 4.32. The number of carbonyl (C=O) groups is 2. The molecule has 1 aliphatic carbocycles. The van der Waals surface area contributed by atoms with E-state index in [0.29, 0.717) is 18.4 Å². The molecule has 0 spiro atoms. The highest BCUT2D eigenvalue weighted by atomic mass is 35.5. The Morgan fingerprint density at radius 2 is 1.85 bits per heavy atom. The van der Waals surface area contributed by atoms with E-state index < -0.39 is 57.0 Å². The van der Waals surface area contributed by atoms with Crippen LogP contribution in [0.1, 0.15) is 53.2 Å². The molecule has 1 heterocycles. The molecular formula is C26H23Cl2F4N3O4. The van der Waals surface area contributed by atoms with E-state index in [9.17, 15) is 27.2 Å². The van der Waals surface area contributed by atoms with Crippen molar-refractivity contribution in [2.45, 2.75) is 44.9 Å². The number of benzene rings is 2. The van der Waals surface area contributed by atoms with Gasteiger partial charge in [0.25, 0.3) is 11.5 Å². The van der Waals surface area contributed by atoms with E-state index in [1.807, 2.05) is 0 Å². The summed E-state index contributed by atoms with van der Waals surface area (Å²) in [7, 11) is 0. The average molecular weight is 588 g/mol. The van der Waals surface area contributed by atoms with Gasteiger partial charge in [-0.05, 0) is 62.1 Å². The first-order valence-electron chi connectivity index (χ1n) is 11.9. The number of carbonyl (C=O) groups excluding carboxylic acids is 2. The SMILES string of the molecule is CCOC(=O)N(CC1(C=N)CC1)C(=O)c1ccc(C2=NO[C@@](c3cc(Cl)c(F)c(Cl)c3)(C(F)(F)F)C2)cc1C. The molecule has 1 N–H and O–H groups in total. The minimum absolute atomic E-state index is 0.0210. The van der Waals surface area contributed by atoms with Gasteiger partial charge in [0.05, 0.1) is 22.4 Å². The molecule has 7 nitrogen and oxygen atoms in total. The second-order valence-electron chi connectivity index (χ2n) is 9.51. The summed E-state index contributed by atoms with van der Waals surface area (Å²) in [6.45, 7) is 3.19. The number of alkyl halides is 3. The number of nitrogens with one attached hydrogen (secondary N) is 1. The Kier molecular flexibility index (Phi) is 7.70. The number of nitrogens with zero attached hydrogens (tertiary/aromatic N) is 2. The topological polar surface area (TPSA) is 92.1 Å². The summed E-state index contributed by atoms with van der Waals surface area (Å²) in [4.78, 5) is 31.8. The number of ether oxygens (including phenoxy) is 1. The smallest absolute Gasteiger partial charge is 0.435 e. The minimum atomic E-state index is -4.97. The average Bonchev–Trinajstić information content (AvgIpc) is 3.50. The summed E-state index contributed by atoms with van der Waals surface area (Å²) in [6, 6.07) is 5.83. The van der Waals surface area contributed by atoms with Gasteiger partial charge in [-0.2, -0.15) is 13.2 Å². The lowest BCUT2D eigenvalue weighted by Crippen LogP contribution is -2.42. The number of imide groups is 1. The van der Waals surface area contributed by atoms with Crippen LogP contribution in [-0.4, -0.2) is 48.2 Å². The number of hydrogen-bond acceptors (Lipinski definition) is 6. The lowest BCUT2D eigenvalue weighted by molar-refractivity contribution is -0.275. The first kappa shape index (κ1) is 28.8. The number of halogens is 6. The van der Waals surface area contributed by atoms with Crippen LogP contribution in [0.2, 0.25) is 10.0 Å². The van der Waals surface area contributed by atoms with Gasteiger partial charge in [0, 0.05) is 35.7 Å². The zero-order valence-corrected chi connectivity index (χ0v) is 22.3. The fraction of sp³-hybridized carbons (Fsp3) is 0.385. The van der Waals surface area contributed by atoms with Gasteiger partial charge in [0.15, 0.2) is 5.82 Å². The molecule has 2 aromatic carbocycles. The molecule has 0 bridgehead atoms. The molecule has 0 aromatic heterocycles. The van der Waals surface area contributed by atoms with Crippen molar-refractivity contribution in [3.05, 3.63) is 68.4 Å². The summed E-state index contributed by atoms with van der Waals surface area (Å²) in [6.07, 6.45) is -4.06. The van der Waals surface area contributed by atoms with E-state index in [0.717, 1.165) is 17.0 Å². The van der Waals surface area contributed by atoms with Crippen molar-refractivity contribution in [1.29, 1.82) is 5.41 Å². The first-order chi connectivity index (χ1) is 18.3. The molecule has 0 radical (unpaired) electrons. The van der Waals surface area contributed by atoms with Gasteiger partial charge in [-0.15, -0.1) is 0 Å². The number of rotatable bonds is 7. The van der Waals surface area contributed by atoms with Crippen molar-refractivity contribution in [3.8, 4) is 0 Å². The molecular weight excluding hydrogens is 565 g/mol. The van der Waals surface area contributed by atoms with Gasteiger partial charge < -0.3 is 15.0 Å². The van der Waals surface area contributed by atoms with Gasteiger partial charge in [-0.1, -0.05) is 34.4 Å². The van der Waals surface area contributed by atoms with Crippen molar-refractivity contribution in [1.82, 2.24) is 4.90 Å². The quantitative estimate of drug-likeness (QED) is 0.213. The van der Waals surface area contributed by atoms with Gasteiger partial charge in [0.1, 0.15) is 0 Å². The van der Waals surface area contributed by atoms with Crippen LogP contribution < -0.4 is 0 Å². The molecule has 208 valence electrons. The third-order valence-electron chi connectivity index (χ3n) is 6.83. The minimum Gasteiger partial charge on any atom is -0.449 e. The van der Waals surface area contributed by atoms with Crippen molar-refractivity contribution in [2.24, 2.45) is 10.6 Å². The third kappa shape index (κ3) is 5.34. The van der Waals surface area contributed by atoms with Gasteiger partial charge in [0.2, 0.25) is 0 Å². The number of oxime groups is 1. The monoisotopic (exact) mass is 587 g/mol. The van der Waals surface area contributed by atoms with Crippen molar-refractivity contribution >= 4 is 47.1 Å². The van der Waals surface area contributed by atoms with Crippen LogP contribution in [0.3, 0.4) is 0 Å². The third-order valence-corrected chi connectivity index (χ3v) is 7.38. The lowest BCUT2D eigenvalue weighted by atomic mass is 9.86. The zero-order valence-electron chi connectivity index (χ0n) is 20.8. The molecule has 0 unspecified atom stereocenters. The highest BCUT2D eigenvalue weighted by Crippen LogP contribution is 2.50. The molecule has 13 heteroatoms. The zero-order chi connectivity index (χ0) is 28.8. The molecule has 1 saturated carbocycles. The maximum Gasteiger partial charge on any atom is 0.435 e. The van der Waals surface area contributed by atoms with E-state index in [2.05, 4.69) is 5.16 Å². The molecule has 1 fully saturated rings. The molecule has 2 aliphatic rings. The summed E-state index contributed by atoms with van der Waals surface area (Å²) in [5.74, 6) is -1.71. The van der Waals surface area contributed by atoms with Crippen molar-refractivity contribution < 1.29 is 36.7 Å². The van der Waals surface area contributed by atoms with Crippen LogP contribution in [0, 0.1) is 23.6 Å². The molecule has 1 aliphatic heterocycles. The Hall–Kier alpha value is -3.18. The summed E-state index contributed by atoms with van der Waals surface area (Å²) >= 11 is 11.5. The molecule has 2 aromatic rings. The van der Waals surface area contributed by atoms with Crippen molar-refractivity contribution in [3.63, 3.8) is 0 Å². The fourth-order valence-corrected chi connectivity index (χ4v) is 4.81. The summed E-state index contributed by atoms with van der Waals surface area (Å²) in [5.41, 5.74) is -3.39. The Balaban J connectivity index is 1.63. The van der Waals surface area contributed by atoms with E-state index in [-0.39, 0.29) is 30.0 Å². The van der Waals surface area contributed by atoms with E-state index in [1.54, 1.807) is 13.8 Å². The normalized spacial score (nSPS) is 19.6. The maximum absolute atomic E-state index is 14.3. The van der Waals surface area contributed by atoms with Crippen LogP contribution in [-0.2, 0) is 15.2 Å². The molecule has 2 amide bonds. The highest BCUT2D eigenvalue weighted by Gasteiger charge is 2.62. The molecule has 39 heavy (non-hydrogen) atoms. The Morgan fingerprint density at radius 1 is 1.21 bits per heavy atom. The van der Waals surface area contributed by atoms with Gasteiger partial charge in [-0.3, -0.25) is 4.79 Å². The predicted octanol–water partition coefficient (Wildman–Crippen LogP) is 7.05. The standard InChI is InChI=1S/C26H23Cl2F4N3O4/c1-3-38-23(37)35(13-24(12-33)6-7-24)22(36)17-5-4-15(8-14(17)2)20-11-25(39-34-20,26(30,31)32)16-9-18(27)21(29)19(28)10-16/h4-5,8-10,12,33H,3,6-7,11,13H2,1-2H3/t25-/m0/s1. The molecule has 1 atom stereocenters. The molecule has 0 saturated heterocycles. The van der Waals surface area contributed by atoms with Crippen LogP contribution in [0.4, 0.5) is 22.4 Å². The van der Waals surface area contributed by atoms with Crippen molar-refractivity contribution in [2.75, 3.05) is 13.2 Å². The van der Waals surface area contributed by atoms with Crippen LogP contribution in [0.15, 0.2) is 35.5 Å². The Labute approximate surface area is 231 Å². The molecule has 4 rings (SSSR count). The number of amides is 2. The largest absolute Gasteiger partial charge is 0.449 e. The second kappa shape index (κ2) is 10.4. The van der Waals surface area contributed by atoms with Gasteiger partial charge in [-0.25, -0.2) is 14.1 Å². The maximum atomic E-state index is 14.3. The predicted molar refractivity (Wildman–Crippen MR) is 136 cm³/mol. The van der Waals surface area contributed by atoms with E-state index in [1.165, 1.54) is 24.4 Å². The van der Waals surface area contributed by atoms with Crippen LogP contribution >= 0.6 is 23.2 Å². The number of aryl methyl sites for hydroxylation is 1. The summed E-state index contributed by atoms with van der Waals surface area (Å²) < 4.78 is 61.9. The summed E-state index contributed by atoms with van der Waals surface area (Å²) in [5, 5.41) is 10.1. The lowest BCUT2D eigenvalue weighted by Gasteiger charge is -2.29. The van der Waals surface area contributed by atoms with Crippen LogP contribution in [0.25, 0.3) is 0 Å². The Morgan fingerprint density at radius 3 is 2.36 bits per heavy atom. The van der Waals surface area contributed by atoms with Crippen LogP contribution in [0.5, 0.6) is 0 Å². The van der Waals surface area contributed by atoms with E-state index in [4.69, 9.17) is 38.2 Å². The van der Waals surface area contributed by atoms with Gasteiger partial charge >= 0.3 is 12.3 Å². The second-order valence-corrected chi connectivity index (χ2v) is 10.3. The number of hydrogen-bond donors (Lipinski definition) is 1. The van der Waals surface area contributed by atoms with E-state index >= 15 is 0 Å². The Bertz CT molecular complexity index is 1350. The first-order valence-corrected chi connectivity index (χ1v) is 12.6.